The summed E-state index contributed by atoms with van der Waals surface area (Å²) in [4.78, 5) is 27.2. The molecule has 2 aliphatic rings. The van der Waals surface area contributed by atoms with E-state index in [1.807, 2.05) is 18.2 Å². The third kappa shape index (κ3) is 4.39. The van der Waals surface area contributed by atoms with Gasteiger partial charge in [0.05, 0.1) is 11.5 Å². The summed E-state index contributed by atoms with van der Waals surface area (Å²) in [5.41, 5.74) is 5.90. The summed E-state index contributed by atoms with van der Waals surface area (Å²) in [5, 5.41) is 0. The fourth-order valence-electron chi connectivity index (χ4n) is 3.44. The predicted molar refractivity (Wildman–Crippen MR) is 108 cm³/mol. The van der Waals surface area contributed by atoms with Gasteiger partial charge in [0.25, 0.3) is 11.8 Å². The van der Waals surface area contributed by atoms with Gasteiger partial charge in [0.1, 0.15) is 6.04 Å². The molecular weight excluding hydrogens is 410 g/mol. The minimum atomic E-state index is -3.09. The van der Waals surface area contributed by atoms with Gasteiger partial charge in [-0.25, -0.2) is 8.42 Å². The highest BCUT2D eigenvalue weighted by atomic mass is 32.2. The van der Waals surface area contributed by atoms with Crippen LogP contribution in [0.4, 0.5) is 0 Å². The summed E-state index contributed by atoms with van der Waals surface area (Å²) in [6.45, 7) is 0.582. The molecule has 2 aliphatic heterocycles. The van der Waals surface area contributed by atoms with Gasteiger partial charge in [0.2, 0.25) is 6.79 Å². The van der Waals surface area contributed by atoms with Gasteiger partial charge in [-0.05, 0) is 23.8 Å². The molecule has 0 spiro atoms. The first-order chi connectivity index (χ1) is 14.4. The van der Waals surface area contributed by atoms with E-state index in [2.05, 4.69) is 10.9 Å². The second-order valence-corrected chi connectivity index (χ2v) is 9.32. The number of hydrogen-bond donors (Lipinski definition) is 2. The second-order valence-electron chi connectivity index (χ2n) is 7.01. The summed E-state index contributed by atoms with van der Waals surface area (Å²) in [5.74, 6) is 0.0510. The monoisotopic (exact) mass is 431 g/mol. The fraction of sp³-hybridized carbons (Fsp3) is 0.300. The summed E-state index contributed by atoms with van der Waals surface area (Å²) in [7, 11) is -3.09. The van der Waals surface area contributed by atoms with Gasteiger partial charge in [-0.1, -0.05) is 30.3 Å². The van der Waals surface area contributed by atoms with Gasteiger partial charge < -0.3 is 9.47 Å². The van der Waals surface area contributed by atoms with Crippen molar-refractivity contribution in [3.8, 4) is 11.5 Å². The van der Waals surface area contributed by atoms with Crippen LogP contribution in [0.1, 0.15) is 22.0 Å². The smallest absolute Gasteiger partial charge is 0.269 e. The molecule has 0 aliphatic carbocycles. The van der Waals surface area contributed by atoms with Crippen molar-refractivity contribution >= 4 is 21.7 Å². The molecule has 1 saturated heterocycles. The summed E-state index contributed by atoms with van der Waals surface area (Å²) >= 11 is 0. The Kier molecular flexibility index (Phi) is 5.60. The first kappa shape index (κ1) is 20.2. The molecule has 30 heavy (non-hydrogen) atoms. The zero-order valence-electron chi connectivity index (χ0n) is 16.0. The lowest BCUT2D eigenvalue weighted by atomic mass is 10.0. The van der Waals surface area contributed by atoms with Crippen molar-refractivity contribution in [2.75, 3.05) is 31.4 Å². The number of rotatable bonds is 4. The maximum atomic E-state index is 13.0. The quantitative estimate of drug-likeness (QED) is 0.683. The largest absolute Gasteiger partial charge is 0.454 e. The summed E-state index contributed by atoms with van der Waals surface area (Å²) < 4.78 is 34.0. The highest BCUT2D eigenvalue weighted by molar-refractivity contribution is 7.91. The fourth-order valence-corrected chi connectivity index (χ4v) is 4.67. The summed E-state index contributed by atoms with van der Waals surface area (Å²) in [6, 6.07) is 13.1. The second kappa shape index (κ2) is 8.33. The van der Waals surface area contributed by atoms with Crippen LogP contribution < -0.4 is 20.3 Å². The third-order valence-corrected chi connectivity index (χ3v) is 6.65. The van der Waals surface area contributed by atoms with E-state index in [1.165, 1.54) is 6.07 Å². The molecule has 1 fully saturated rings. The molecule has 0 saturated carbocycles. The number of sulfone groups is 1. The Morgan fingerprint density at radius 2 is 1.63 bits per heavy atom. The number of nitrogens with one attached hydrogen (secondary N) is 2. The molecule has 1 unspecified atom stereocenters. The Hall–Kier alpha value is -3.11. The number of fused-ring (bicyclic) bond motifs is 1. The lowest BCUT2D eigenvalue weighted by Gasteiger charge is -2.33. The van der Waals surface area contributed by atoms with E-state index in [1.54, 1.807) is 29.2 Å². The number of amides is 2. The van der Waals surface area contributed by atoms with Crippen molar-refractivity contribution in [3.05, 3.63) is 59.7 Å². The van der Waals surface area contributed by atoms with Crippen LogP contribution in [-0.2, 0) is 14.6 Å². The van der Waals surface area contributed by atoms with E-state index in [-0.39, 0.29) is 31.4 Å². The average molecular weight is 431 g/mol. The molecule has 2 amide bonds. The maximum Gasteiger partial charge on any atom is 0.269 e. The molecule has 0 aromatic heterocycles. The van der Waals surface area contributed by atoms with E-state index in [4.69, 9.17) is 9.47 Å². The van der Waals surface area contributed by atoms with Crippen molar-refractivity contribution in [3.63, 3.8) is 0 Å². The SMILES string of the molecule is O=C(NNC(=O)C(c1ccccc1)N1CCS(=O)(=O)CC1)c1ccc2c(c1)OCO2. The van der Waals surface area contributed by atoms with Crippen molar-refractivity contribution in [1.82, 2.24) is 15.8 Å². The van der Waals surface area contributed by atoms with E-state index in [0.29, 0.717) is 22.6 Å². The van der Waals surface area contributed by atoms with Crippen LogP contribution in [0.15, 0.2) is 48.5 Å². The predicted octanol–water partition coefficient (Wildman–Crippen LogP) is 0.648. The average Bonchev–Trinajstić information content (AvgIpc) is 3.22. The molecule has 1 atom stereocenters. The van der Waals surface area contributed by atoms with Gasteiger partial charge in [0, 0.05) is 18.7 Å². The van der Waals surface area contributed by atoms with Gasteiger partial charge >= 0.3 is 0 Å². The summed E-state index contributed by atoms with van der Waals surface area (Å²) in [6.07, 6.45) is 0. The normalized spacial score (nSPS) is 18.4. The Balaban J connectivity index is 1.46. The van der Waals surface area contributed by atoms with E-state index in [9.17, 15) is 18.0 Å². The van der Waals surface area contributed by atoms with Crippen LogP contribution in [-0.4, -0.2) is 56.5 Å². The molecule has 9 nitrogen and oxygen atoms in total. The number of hydrogen-bond acceptors (Lipinski definition) is 7. The maximum absolute atomic E-state index is 13.0. The standard InChI is InChI=1S/C20H21N3O6S/c24-19(15-6-7-16-17(12-15)29-13-28-16)21-22-20(25)18(14-4-2-1-3-5-14)23-8-10-30(26,27)11-9-23/h1-7,12,18H,8-11,13H2,(H,21,24)(H,22,25). The van der Waals surface area contributed by atoms with Crippen LogP contribution in [0.3, 0.4) is 0 Å². The van der Waals surface area contributed by atoms with Gasteiger partial charge in [-0.15, -0.1) is 0 Å². The van der Waals surface area contributed by atoms with Crippen LogP contribution >= 0.6 is 0 Å². The van der Waals surface area contributed by atoms with Crippen LogP contribution in [0.2, 0.25) is 0 Å². The number of carbonyl (C=O) groups is 2. The number of hydrazine groups is 1. The Morgan fingerprint density at radius 3 is 2.37 bits per heavy atom. The lowest BCUT2D eigenvalue weighted by Crippen LogP contribution is -2.51. The van der Waals surface area contributed by atoms with E-state index < -0.39 is 27.7 Å². The molecule has 2 aromatic rings. The van der Waals surface area contributed by atoms with E-state index in [0.717, 1.165) is 0 Å². The third-order valence-electron chi connectivity index (χ3n) is 5.04. The lowest BCUT2D eigenvalue weighted by molar-refractivity contribution is -0.127. The van der Waals surface area contributed by atoms with Crippen LogP contribution in [0.25, 0.3) is 0 Å². The van der Waals surface area contributed by atoms with Crippen LogP contribution in [0, 0.1) is 0 Å². The topological polar surface area (TPSA) is 114 Å². The highest BCUT2D eigenvalue weighted by Crippen LogP contribution is 2.32. The highest BCUT2D eigenvalue weighted by Gasteiger charge is 2.32. The number of benzene rings is 2. The number of nitrogens with zero attached hydrogens (tertiary/aromatic N) is 1. The molecule has 0 bridgehead atoms. The minimum Gasteiger partial charge on any atom is -0.454 e. The van der Waals surface area contributed by atoms with Crippen molar-refractivity contribution in [2.24, 2.45) is 0 Å². The Morgan fingerprint density at radius 1 is 0.933 bits per heavy atom. The Bertz CT molecular complexity index is 1040. The molecule has 2 N–H and O–H groups in total. The minimum absolute atomic E-state index is 0.00678. The molecule has 0 radical (unpaired) electrons. The van der Waals surface area contributed by atoms with Gasteiger partial charge in [-0.3, -0.25) is 25.3 Å². The molecule has 4 rings (SSSR count). The van der Waals surface area contributed by atoms with Crippen molar-refractivity contribution in [1.29, 1.82) is 0 Å². The van der Waals surface area contributed by atoms with Gasteiger partial charge in [-0.2, -0.15) is 0 Å². The molecule has 2 heterocycles. The first-order valence-corrected chi connectivity index (χ1v) is 11.2. The van der Waals surface area contributed by atoms with Crippen molar-refractivity contribution in [2.45, 2.75) is 6.04 Å². The van der Waals surface area contributed by atoms with E-state index >= 15 is 0 Å². The molecule has 10 heteroatoms. The number of carbonyl (C=O) groups excluding carboxylic acids is 2. The zero-order chi connectivity index (χ0) is 21.1. The molecule has 2 aromatic carbocycles. The van der Waals surface area contributed by atoms with Crippen molar-refractivity contribution < 1.29 is 27.5 Å². The number of ether oxygens (including phenoxy) is 2. The van der Waals surface area contributed by atoms with Gasteiger partial charge in [0.15, 0.2) is 21.3 Å². The zero-order valence-corrected chi connectivity index (χ0v) is 16.9. The molecular formula is C20H21N3O6S. The Labute approximate surface area is 173 Å². The van der Waals surface area contributed by atoms with Crippen LogP contribution in [0.5, 0.6) is 11.5 Å². The molecule has 158 valence electrons. The first-order valence-electron chi connectivity index (χ1n) is 9.42.